The minimum atomic E-state index is -0.534. The Bertz CT molecular complexity index is 922. The van der Waals surface area contributed by atoms with E-state index in [1.54, 1.807) is 0 Å². The van der Waals surface area contributed by atoms with Crippen molar-refractivity contribution in [1.29, 1.82) is 0 Å². The molecule has 0 heterocycles. The predicted molar refractivity (Wildman–Crippen MR) is 140 cm³/mol. The summed E-state index contributed by atoms with van der Waals surface area (Å²) >= 11 is 0. The molecule has 2 saturated carbocycles. The zero-order valence-electron chi connectivity index (χ0n) is 22.2. The normalized spacial score (nSPS) is 37.3. The standard InChI is InChI=1S/C30H45NO4/c1-28(2,3)35-27(34)31-18-23-25-12-11-24(20-9-7-6-8-10-20)30(25,5)16-14-26(23)29(4)15-13-22(33)17-21(29)19-32/h6-11,21-23,25-26,32-33H,12-19H2,1-5H3,(H,31,34)/t21-,22+,23+,25+,26+,29+,30-/m1/s1. The highest BCUT2D eigenvalue weighted by molar-refractivity contribution is 5.73. The van der Waals surface area contributed by atoms with Gasteiger partial charge in [0.05, 0.1) is 6.10 Å². The van der Waals surface area contributed by atoms with Gasteiger partial charge in [0.2, 0.25) is 0 Å². The maximum atomic E-state index is 12.7. The fourth-order valence-electron chi connectivity index (χ4n) is 7.71. The molecule has 0 radical (unpaired) electrons. The van der Waals surface area contributed by atoms with Gasteiger partial charge in [0.1, 0.15) is 5.60 Å². The molecule has 0 aromatic heterocycles. The van der Waals surface area contributed by atoms with Gasteiger partial charge < -0.3 is 20.3 Å². The van der Waals surface area contributed by atoms with Crippen LogP contribution in [0.3, 0.4) is 0 Å². The third-order valence-corrected chi connectivity index (χ3v) is 9.56. The molecular weight excluding hydrogens is 438 g/mol. The van der Waals surface area contributed by atoms with E-state index in [4.69, 9.17) is 4.74 Å². The maximum Gasteiger partial charge on any atom is 0.407 e. The Morgan fingerprint density at radius 2 is 1.83 bits per heavy atom. The first-order valence-electron chi connectivity index (χ1n) is 13.5. The second kappa shape index (κ2) is 9.89. The first-order valence-corrected chi connectivity index (χ1v) is 13.5. The Hall–Kier alpha value is -1.85. The van der Waals surface area contributed by atoms with Gasteiger partial charge in [-0.3, -0.25) is 0 Å². The van der Waals surface area contributed by atoms with Gasteiger partial charge >= 0.3 is 6.09 Å². The molecule has 35 heavy (non-hydrogen) atoms. The number of nitrogens with one attached hydrogen (secondary N) is 1. The minimum absolute atomic E-state index is 0.0530. The minimum Gasteiger partial charge on any atom is -0.444 e. The van der Waals surface area contributed by atoms with Gasteiger partial charge in [-0.15, -0.1) is 0 Å². The van der Waals surface area contributed by atoms with Crippen LogP contribution in [0.15, 0.2) is 36.4 Å². The molecular formula is C30H45NO4. The lowest BCUT2D eigenvalue weighted by Crippen LogP contribution is -2.54. The summed E-state index contributed by atoms with van der Waals surface area (Å²) in [5.74, 6) is 1.12. The first kappa shape index (κ1) is 26.2. The average Bonchev–Trinajstić information content (AvgIpc) is 3.15. The molecule has 3 aliphatic carbocycles. The van der Waals surface area contributed by atoms with Gasteiger partial charge in [-0.1, -0.05) is 50.3 Å². The van der Waals surface area contributed by atoms with Crippen molar-refractivity contribution in [2.24, 2.45) is 34.5 Å². The summed E-state index contributed by atoms with van der Waals surface area (Å²) in [6.07, 6.45) is 7.25. The molecule has 1 amide bonds. The van der Waals surface area contributed by atoms with Gasteiger partial charge in [0, 0.05) is 13.2 Å². The quantitative estimate of drug-likeness (QED) is 0.494. The monoisotopic (exact) mass is 483 g/mol. The number of carbonyl (C=O) groups is 1. The first-order chi connectivity index (χ1) is 16.5. The van der Waals surface area contributed by atoms with Crippen LogP contribution in [0.4, 0.5) is 4.79 Å². The molecule has 194 valence electrons. The van der Waals surface area contributed by atoms with Crippen molar-refractivity contribution in [2.45, 2.75) is 84.8 Å². The zero-order chi connectivity index (χ0) is 25.4. The van der Waals surface area contributed by atoms with Crippen molar-refractivity contribution < 1.29 is 19.7 Å². The van der Waals surface area contributed by atoms with Crippen molar-refractivity contribution in [1.82, 2.24) is 5.32 Å². The SMILES string of the molecule is CC(C)(C)OC(=O)NC[C@@H]1[C@@H]([C@@]2(C)CC[C@H](O)C[C@@H]2CO)CC[C@]2(C)C(c3ccccc3)=CC[C@@H]12. The topological polar surface area (TPSA) is 78.8 Å². The van der Waals surface area contributed by atoms with Crippen LogP contribution in [0.1, 0.15) is 78.7 Å². The fraction of sp³-hybridized carbons (Fsp3) is 0.700. The summed E-state index contributed by atoms with van der Waals surface area (Å²) in [6, 6.07) is 10.7. The molecule has 5 nitrogen and oxygen atoms in total. The van der Waals surface area contributed by atoms with Crippen molar-refractivity contribution in [2.75, 3.05) is 13.2 Å². The van der Waals surface area contributed by atoms with E-state index in [-0.39, 0.29) is 41.5 Å². The molecule has 2 fully saturated rings. The molecule has 3 aliphatic rings. The molecule has 0 bridgehead atoms. The number of hydrogen-bond acceptors (Lipinski definition) is 4. The molecule has 7 atom stereocenters. The molecule has 0 aliphatic heterocycles. The van der Waals surface area contributed by atoms with Crippen molar-refractivity contribution in [3.8, 4) is 0 Å². The second-order valence-corrected chi connectivity index (χ2v) is 12.7. The second-order valence-electron chi connectivity index (χ2n) is 12.7. The number of rotatable bonds is 5. The maximum absolute atomic E-state index is 12.7. The molecule has 0 saturated heterocycles. The van der Waals surface area contributed by atoms with Crippen LogP contribution in [-0.2, 0) is 4.74 Å². The van der Waals surface area contributed by atoms with E-state index in [1.165, 1.54) is 11.1 Å². The number of aliphatic hydroxyl groups excluding tert-OH is 2. The molecule has 5 heteroatoms. The van der Waals surface area contributed by atoms with E-state index >= 15 is 0 Å². The van der Waals surface area contributed by atoms with Crippen LogP contribution in [0.2, 0.25) is 0 Å². The van der Waals surface area contributed by atoms with Crippen molar-refractivity contribution in [3.05, 3.63) is 42.0 Å². The number of aliphatic hydroxyl groups is 2. The Morgan fingerprint density at radius 3 is 2.49 bits per heavy atom. The highest BCUT2D eigenvalue weighted by atomic mass is 16.6. The summed E-state index contributed by atoms with van der Waals surface area (Å²) in [5.41, 5.74) is 2.19. The van der Waals surface area contributed by atoms with Crippen LogP contribution in [0.25, 0.3) is 5.57 Å². The van der Waals surface area contributed by atoms with Gasteiger partial charge in [-0.2, -0.15) is 0 Å². The van der Waals surface area contributed by atoms with Crippen LogP contribution in [0, 0.1) is 34.5 Å². The number of fused-ring (bicyclic) bond motifs is 1. The Balaban J connectivity index is 1.63. The summed E-state index contributed by atoms with van der Waals surface area (Å²) < 4.78 is 5.58. The van der Waals surface area contributed by atoms with Crippen LogP contribution in [0.5, 0.6) is 0 Å². The summed E-state index contributed by atoms with van der Waals surface area (Å²) in [4.78, 5) is 12.7. The third kappa shape index (κ3) is 5.17. The molecule has 0 spiro atoms. The van der Waals surface area contributed by atoms with Gasteiger partial charge in [0.15, 0.2) is 0 Å². The van der Waals surface area contributed by atoms with Crippen molar-refractivity contribution in [3.63, 3.8) is 0 Å². The lowest BCUT2D eigenvalue weighted by molar-refractivity contribution is -0.0920. The van der Waals surface area contributed by atoms with E-state index < -0.39 is 5.60 Å². The van der Waals surface area contributed by atoms with Crippen molar-refractivity contribution >= 4 is 11.7 Å². The summed E-state index contributed by atoms with van der Waals surface area (Å²) in [6.45, 7) is 11.1. The Labute approximate surface area is 211 Å². The Kier molecular flexibility index (Phi) is 7.41. The van der Waals surface area contributed by atoms with Crippen LogP contribution < -0.4 is 5.32 Å². The highest BCUT2D eigenvalue weighted by Crippen LogP contribution is 2.63. The average molecular weight is 484 g/mol. The lowest BCUT2D eigenvalue weighted by atomic mass is 9.48. The number of amides is 1. The smallest absolute Gasteiger partial charge is 0.407 e. The number of alkyl carbamates (subject to hydrolysis) is 1. The van der Waals surface area contributed by atoms with E-state index in [2.05, 4.69) is 55.6 Å². The van der Waals surface area contributed by atoms with E-state index in [0.717, 1.165) is 32.1 Å². The fourth-order valence-corrected chi connectivity index (χ4v) is 7.71. The van der Waals surface area contributed by atoms with E-state index in [0.29, 0.717) is 24.8 Å². The third-order valence-electron chi connectivity index (χ3n) is 9.56. The number of benzene rings is 1. The molecule has 1 aromatic rings. The Morgan fingerprint density at radius 1 is 1.11 bits per heavy atom. The summed E-state index contributed by atoms with van der Waals surface area (Å²) in [5, 5.41) is 23.8. The summed E-state index contributed by atoms with van der Waals surface area (Å²) in [7, 11) is 0. The zero-order valence-corrected chi connectivity index (χ0v) is 22.2. The van der Waals surface area contributed by atoms with Gasteiger partial charge in [-0.25, -0.2) is 4.79 Å². The molecule has 4 rings (SSSR count). The molecule has 1 aromatic carbocycles. The highest BCUT2D eigenvalue weighted by Gasteiger charge is 2.56. The number of carbonyl (C=O) groups excluding carboxylic acids is 1. The van der Waals surface area contributed by atoms with Gasteiger partial charge in [-0.05, 0) is 105 Å². The number of hydrogen-bond donors (Lipinski definition) is 3. The van der Waals surface area contributed by atoms with E-state index in [9.17, 15) is 15.0 Å². The van der Waals surface area contributed by atoms with Gasteiger partial charge in [0.25, 0.3) is 0 Å². The van der Waals surface area contributed by atoms with Crippen LogP contribution >= 0.6 is 0 Å². The predicted octanol–water partition coefficient (Wildman–Crippen LogP) is 5.81. The van der Waals surface area contributed by atoms with E-state index in [1.807, 2.05) is 20.8 Å². The number of ether oxygens (including phenoxy) is 1. The number of allylic oxidation sites excluding steroid dienone is 2. The molecule has 0 unspecified atom stereocenters. The largest absolute Gasteiger partial charge is 0.444 e. The molecule has 3 N–H and O–H groups in total. The van der Waals surface area contributed by atoms with Crippen LogP contribution in [-0.4, -0.2) is 41.2 Å². The lowest BCUT2D eigenvalue weighted by Gasteiger charge is -2.57.